The number of carboxylic acids is 2. The summed E-state index contributed by atoms with van der Waals surface area (Å²) in [5.41, 5.74) is -3.79. The highest BCUT2D eigenvalue weighted by atomic mass is 16.4. The molecule has 0 heterocycles. The van der Waals surface area contributed by atoms with Crippen LogP contribution in [-0.2, 0) is 14.4 Å². The summed E-state index contributed by atoms with van der Waals surface area (Å²) in [5.74, 6) is -3.54. The van der Waals surface area contributed by atoms with Crippen molar-refractivity contribution in [2.45, 2.75) is 39.0 Å². The van der Waals surface area contributed by atoms with Crippen molar-refractivity contribution < 1.29 is 29.7 Å². The molecule has 1 fully saturated rings. The number of aliphatic hydroxyl groups excluding tert-OH is 1. The number of hydrogen-bond donors (Lipinski definition) is 3. The summed E-state index contributed by atoms with van der Waals surface area (Å²) in [6.45, 7) is 4.38. The van der Waals surface area contributed by atoms with Crippen molar-refractivity contribution in [2.75, 3.05) is 6.61 Å². The second-order valence-corrected chi connectivity index (χ2v) is 5.39. The number of carbonyl (C=O) groups is 3. The van der Waals surface area contributed by atoms with Crippen LogP contribution in [0.3, 0.4) is 0 Å². The van der Waals surface area contributed by atoms with Gasteiger partial charge in [0.05, 0.1) is 5.41 Å². The van der Waals surface area contributed by atoms with Crippen molar-refractivity contribution in [3.63, 3.8) is 0 Å². The Labute approximate surface area is 117 Å². The number of hydrogen-bond acceptors (Lipinski definition) is 4. The van der Waals surface area contributed by atoms with Crippen LogP contribution in [0.1, 0.15) is 39.0 Å². The van der Waals surface area contributed by atoms with E-state index in [1.165, 1.54) is 6.92 Å². The smallest absolute Gasteiger partial charge is 0.318 e. The highest BCUT2D eigenvalue weighted by Crippen LogP contribution is 2.54. The maximum atomic E-state index is 12.4. The molecule has 3 N–H and O–H groups in total. The third-order valence-electron chi connectivity index (χ3n) is 4.31. The lowest BCUT2D eigenvalue weighted by atomic mass is 9.52. The lowest BCUT2D eigenvalue weighted by Gasteiger charge is -2.47. The van der Waals surface area contributed by atoms with Gasteiger partial charge in [-0.05, 0) is 31.8 Å². The van der Waals surface area contributed by atoms with Crippen molar-refractivity contribution in [1.82, 2.24) is 0 Å². The lowest BCUT2D eigenvalue weighted by Crippen LogP contribution is -2.59. The van der Waals surface area contributed by atoms with Crippen LogP contribution in [-0.4, -0.2) is 39.6 Å². The van der Waals surface area contributed by atoms with E-state index >= 15 is 0 Å². The Morgan fingerprint density at radius 3 is 2.05 bits per heavy atom. The predicted molar refractivity (Wildman–Crippen MR) is 70.1 cm³/mol. The minimum atomic E-state index is -2.04. The number of ketones is 1. The van der Waals surface area contributed by atoms with Gasteiger partial charge in [-0.2, -0.15) is 0 Å². The molecule has 6 heteroatoms. The van der Waals surface area contributed by atoms with Crippen LogP contribution in [0.5, 0.6) is 0 Å². The molecule has 2 atom stereocenters. The fourth-order valence-corrected chi connectivity index (χ4v) is 3.30. The fourth-order valence-electron chi connectivity index (χ4n) is 3.30. The summed E-state index contributed by atoms with van der Waals surface area (Å²) in [6.07, 6.45) is 0.749. The molecule has 112 valence electrons. The largest absolute Gasteiger partial charge is 0.481 e. The Hall–Kier alpha value is -1.69. The quantitative estimate of drug-likeness (QED) is 0.499. The monoisotopic (exact) mass is 284 g/mol. The Kier molecular flexibility index (Phi) is 4.70. The Bertz CT molecular complexity index is 451. The molecule has 0 aromatic carbocycles. The van der Waals surface area contributed by atoms with Crippen molar-refractivity contribution >= 4 is 17.7 Å². The maximum absolute atomic E-state index is 12.4. The van der Waals surface area contributed by atoms with Gasteiger partial charge in [0.1, 0.15) is 5.41 Å². The predicted octanol–water partition coefficient (Wildman–Crippen LogP) is 1.23. The normalized spacial score (nSPS) is 29.7. The zero-order valence-corrected chi connectivity index (χ0v) is 11.5. The summed E-state index contributed by atoms with van der Waals surface area (Å²) in [7, 11) is 0. The van der Waals surface area contributed by atoms with Crippen LogP contribution in [0.4, 0.5) is 0 Å². The Morgan fingerprint density at radius 2 is 1.65 bits per heavy atom. The van der Waals surface area contributed by atoms with Crippen LogP contribution in [0, 0.1) is 10.8 Å². The SMILES string of the molecule is C=C(C)C(=O)C1(C(=O)O)CCCCC1(CCO)C(=O)O. The first-order valence-electron chi connectivity index (χ1n) is 6.54. The molecule has 0 aromatic heterocycles. The molecule has 0 saturated heterocycles. The van der Waals surface area contributed by atoms with Crippen LogP contribution in [0.2, 0.25) is 0 Å². The van der Waals surface area contributed by atoms with Gasteiger partial charge in [0.2, 0.25) is 0 Å². The third kappa shape index (κ3) is 2.14. The molecule has 0 spiro atoms. The summed E-state index contributed by atoms with van der Waals surface area (Å²) in [5, 5.41) is 28.4. The van der Waals surface area contributed by atoms with E-state index in [0.717, 1.165) is 0 Å². The topological polar surface area (TPSA) is 112 Å². The van der Waals surface area contributed by atoms with Gasteiger partial charge in [-0.1, -0.05) is 19.4 Å². The van der Waals surface area contributed by atoms with E-state index in [2.05, 4.69) is 6.58 Å². The van der Waals surface area contributed by atoms with Gasteiger partial charge in [0.15, 0.2) is 5.78 Å². The number of rotatable bonds is 6. The van der Waals surface area contributed by atoms with Crippen LogP contribution < -0.4 is 0 Å². The molecule has 0 aliphatic heterocycles. The number of aliphatic carboxylic acids is 2. The standard InChI is InChI=1S/C14H20O6/c1-9(2)10(16)14(12(19)20)6-4-3-5-13(14,7-8-15)11(17)18/h15H,1,3-8H2,2H3,(H,17,18)(H,19,20). The molecule has 0 radical (unpaired) electrons. The number of carboxylic acid groups (broad SMARTS) is 2. The molecule has 1 saturated carbocycles. The zero-order valence-electron chi connectivity index (χ0n) is 11.5. The van der Waals surface area contributed by atoms with E-state index in [9.17, 15) is 29.7 Å². The van der Waals surface area contributed by atoms with Crippen molar-refractivity contribution in [1.29, 1.82) is 0 Å². The highest BCUT2D eigenvalue weighted by Gasteiger charge is 2.65. The van der Waals surface area contributed by atoms with Crippen LogP contribution in [0.25, 0.3) is 0 Å². The summed E-state index contributed by atoms with van der Waals surface area (Å²) in [6, 6.07) is 0. The molecule has 0 bridgehead atoms. The van der Waals surface area contributed by atoms with Crippen LogP contribution in [0.15, 0.2) is 12.2 Å². The summed E-state index contributed by atoms with van der Waals surface area (Å²) in [4.78, 5) is 36.0. The van der Waals surface area contributed by atoms with Crippen molar-refractivity contribution in [2.24, 2.45) is 10.8 Å². The molecule has 0 amide bonds. The van der Waals surface area contributed by atoms with Gasteiger partial charge in [0.25, 0.3) is 0 Å². The van der Waals surface area contributed by atoms with E-state index in [-0.39, 0.29) is 24.8 Å². The minimum Gasteiger partial charge on any atom is -0.481 e. The molecule has 1 aliphatic rings. The molecular formula is C14H20O6. The highest BCUT2D eigenvalue weighted by molar-refractivity contribution is 6.14. The third-order valence-corrected chi connectivity index (χ3v) is 4.31. The second kappa shape index (κ2) is 5.75. The van der Waals surface area contributed by atoms with E-state index < -0.39 is 35.2 Å². The van der Waals surface area contributed by atoms with E-state index in [4.69, 9.17) is 0 Å². The van der Waals surface area contributed by atoms with E-state index in [1.807, 2.05) is 0 Å². The molecule has 6 nitrogen and oxygen atoms in total. The van der Waals surface area contributed by atoms with Gasteiger partial charge in [-0.25, -0.2) is 0 Å². The molecule has 20 heavy (non-hydrogen) atoms. The van der Waals surface area contributed by atoms with Gasteiger partial charge in [0, 0.05) is 6.61 Å². The average molecular weight is 284 g/mol. The first-order valence-corrected chi connectivity index (χ1v) is 6.54. The number of aliphatic hydroxyl groups is 1. The fraction of sp³-hybridized carbons (Fsp3) is 0.643. The lowest BCUT2D eigenvalue weighted by molar-refractivity contribution is -0.184. The zero-order chi connectivity index (χ0) is 15.6. The van der Waals surface area contributed by atoms with Gasteiger partial charge >= 0.3 is 11.9 Å². The molecule has 1 aliphatic carbocycles. The summed E-state index contributed by atoms with van der Waals surface area (Å²) < 4.78 is 0. The first-order chi connectivity index (χ1) is 9.26. The first kappa shape index (κ1) is 16.4. The Morgan fingerprint density at radius 1 is 1.10 bits per heavy atom. The summed E-state index contributed by atoms with van der Waals surface area (Å²) >= 11 is 0. The second-order valence-electron chi connectivity index (χ2n) is 5.39. The molecule has 0 aromatic rings. The van der Waals surface area contributed by atoms with Gasteiger partial charge in [-0.15, -0.1) is 0 Å². The van der Waals surface area contributed by atoms with Gasteiger partial charge in [-0.3, -0.25) is 14.4 Å². The van der Waals surface area contributed by atoms with E-state index in [0.29, 0.717) is 12.8 Å². The molecular weight excluding hydrogens is 264 g/mol. The van der Waals surface area contributed by atoms with E-state index in [1.54, 1.807) is 0 Å². The number of allylic oxidation sites excluding steroid dienone is 1. The van der Waals surface area contributed by atoms with Crippen molar-refractivity contribution in [3.05, 3.63) is 12.2 Å². The van der Waals surface area contributed by atoms with Gasteiger partial charge < -0.3 is 15.3 Å². The Balaban J connectivity index is 3.57. The minimum absolute atomic E-state index is 0.0258. The maximum Gasteiger partial charge on any atom is 0.318 e. The number of carbonyl (C=O) groups excluding carboxylic acids is 1. The molecule has 1 rings (SSSR count). The number of Topliss-reactive ketones (excluding diaryl/α,β-unsaturated/α-hetero) is 1. The van der Waals surface area contributed by atoms with Crippen molar-refractivity contribution in [3.8, 4) is 0 Å². The average Bonchev–Trinajstić information content (AvgIpc) is 2.38. The van der Waals surface area contributed by atoms with Crippen LogP contribution >= 0.6 is 0 Å². The molecule has 2 unspecified atom stereocenters.